The number of amides is 1. The third-order valence-corrected chi connectivity index (χ3v) is 5.54. The Morgan fingerprint density at radius 2 is 1.13 bits per heavy atom. The van der Waals surface area contributed by atoms with Crippen LogP contribution in [0.3, 0.4) is 0 Å². The normalized spacial score (nSPS) is 17.7. The lowest BCUT2D eigenvalue weighted by Crippen LogP contribution is -2.57. The molecular weight excluding hydrogens is 402 g/mol. The first-order valence-corrected chi connectivity index (χ1v) is 9.89. The highest BCUT2D eigenvalue weighted by molar-refractivity contribution is 6.37. The lowest BCUT2D eigenvalue weighted by atomic mass is 9.93. The third kappa shape index (κ3) is 3.72. The van der Waals surface area contributed by atoms with Crippen LogP contribution in [-0.4, -0.2) is 28.8 Å². The summed E-state index contributed by atoms with van der Waals surface area (Å²) in [7, 11) is 0. The second-order valence-electron chi connectivity index (χ2n) is 6.90. The summed E-state index contributed by atoms with van der Waals surface area (Å²) in [4.78, 5) is 39.3. The molecule has 1 fully saturated rings. The number of ether oxygens (including phenoxy) is 1. The Kier molecular flexibility index (Phi) is 5.63. The zero-order valence-electron chi connectivity index (χ0n) is 15.9. The van der Waals surface area contributed by atoms with Crippen LogP contribution in [0.2, 0.25) is 0 Å². The Balaban J connectivity index is 1.87. The second kappa shape index (κ2) is 8.51. The molecule has 1 heterocycles. The van der Waals surface area contributed by atoms with E-state index in [2.05, 4.69) is 0 Å². The molecule has 0 radical (unpaired) electrons. The van der Waals surface area contributed by atoms with Crippen molar-refractivity contribution in [3.8, 4) is 0 Å². The van der Waals surface area contributed by atoms with Gasteiger partial charge in [-0.15, -0.1) is 11.6 Å². The molecular formula is C24H18ClNO4. The van der Waals surface area contributed by atoms with Gasteiger partial charge in [0.1, 0.15) is 0 Å². The first-order chi connectivity index (χ1) is 14.6. The van der Waals surface area contributed by atoms with Gasteiger partial charge in [0.25, 0.3) is 0 Å². The largest absolute Gasteiger partial charge is 0.404 e. The number of halogens is 1. The molecule has 1 amide bonds. The number of cyclic esters (lactones) is 2. The highest BCUT2D eigenvalue weighted by Crippen LogP contribution is 2.38. The SMILES string of the molecule is O=C1OC(=O)[C@@H]([C@@H](Cl)c2ccccc2)N(C(c2ccccc2)c2ccccc2)C1=O. The van der Waals surface area contributed by atoms with Gasteiger partial charge in [-0.05, 0) is 16.7 Å². The highest BCUT2D eigenvalue weighted by Gasteiger charge is 2.49. The minimum absolute atomic E-state index is 0.646. The fourth-order valence-corrected chi connectivity index (χ4v) is 4.05. The molecule has 4 rings (SSSR count). The number of carbonyl (C=O) groups excluding carboxylic acids is 3. The van der Waals surface area contributed by atoms with Gasteiger partial charge in [0.2, 0.25) is 0 Å². The molecule has 5 nitrogen and oxygen atoms in total. The molecule has 3 aromatic rings. The summed E-state index contributed by atoms with van der Waals surface area (Å²) in [6.45, 7) is 0. The molecule has 0 saturated carbocycles. The Labute approximate surface area is 178 Å². The van der Waals surface area contributed by atoms with Crippen molar-refractivity contribution >= 4 is 29.4 Å². The van der Waals surface area contributed by atoms with Gasteiger partial charge in [-0.25, -0.2) is 9.59 Å². The minimum Gasteiger partial charge on any atom is -0.384 e. The van der Waals surface area contributed by atoms with Gasteiger partial charge in [0.05, 0.1) is 11.4 Å². The maximum Gasteiger partial charge on any atom is 0.404 e. The fraction of sp³-hybridized carbons (Fsp3) is 0.125. The maximum absolute atomic E-state index is 13.0. The number of esters is 2. The topological polar surface area (TPSA) is 63.7 Å². The number of hydrogen-bond donors (Lipinski definition) is 0. The number of carbonyl (C=O) groups is 3. The second-order valence-corrected chi connectivity index (χ2v) is 7.37. The summed E-state index contributed by atoms with van der Waals surface area (Å²) in [5.41, 5.74) is 2.15. The average Bonchev–Trinajstić information content (AvgIpc) is 2.79. The Morgan fingerprint density at radius 3 is 1.60 bits per heavy atom. The number of hydrogen-bond acceptors (Lipinski definition) is 4. The van der Waals surface area contributed by atoms with Gasteiger partial charge >= 0.3 is 17.8 Å². The van der Waals surface area contributed by atoms with Crippen LogP contribution in [-0.2, 0) is 19.1 Å². The molecule has 150 valence electrons. The molecule has 1 saturated heterocycles. The molecule has 0 bridgehead atoms. The summed E-state index contributed by atoms with van der Waals surface area (Å²) in [6, 6.07) is 25.5. The smallest absolute Gasteiger partial charge is 0.384 e. The van der Waals surface area contributed by atoms with E-state index in [9.17, 15) is 14.4 Å². The molecule has 0 N–H and O–H groups in total. The van der Waals surface area contributed by atoms with Crippen molar-refractivity contribution in [2.45, 2.75) is 17.5 Å². The fourth-order valence-electron chi connectivity index (χ4n) is 3.68. The molecule has 3 aromatic carbocycles. The molecule has 1 aliphatic rings. The van der Waals surface area contributed by atoms with Crippen LogP contribution in [0.5, 0.6) is 0 Å². The Bertz CT molecular complexity index is 1020. The van der Waals surface area contributed by atoms with Crippen molar-refractivity contribution < 1.29 is 19.1 Å². The van der Waals surface area contributed by atoms with Crippen LogP contribution in [0.15, 0.2) is 91.0 Å². The molecule has 2 atom stereocenters. The number of morpholine rings is 1. The Morgan fingerprint density at radius 1 is 0.700 bits per heavy atom. The van der Waals surface area contributed by atoms with E-state index < -0.39 is 35.3 Å². The van der Waals surface area contributed by atoms with Crippen LogP contribution in [0.4, 0.5) is 0 Å². The quantitative estimate of drug-likeness (QED) is 0.271. The number of nitrogens with zero attached hydrogens (tertiary/aromatic N) is 1. The van der Waals surface area contributed by atoms with E-state index >= 15 is 0 Å². The molecule has 0 aliphatic carbocycles. The number of rotatable bonds is 5. The van der Waals surface area contributed by atoms with Crippen molar-refractivity contribution in [3.63, 3.8) is 0 Å². The van der Waals surface area contributed by atoms with Crippen molar-refractivity contribution in [2.24, 2.45) is 0 Å². The summed E-state index contributed by atoms with van der Waals surface area (Å²) in [5, 5.41) is -0.898. The lowest BCUT2D eigenvalue weighted by Gasteiger charge is -2.40. The molecule has 6 heteroatoms. The monoisotopic (exact) mass is 419 g/mol. The molecule has 0 unspecified atom stereocenters. The van der Waals surface area contributed by atoms with Crippen molar-refractivity contribution in [2.75, 3.05) is 0 Å². The molecule has 30 heavy (non-hydrogen) atoms. The van der Waals surface area contributed by atoms with E-state index in [0.717, 1.165) is 11.1 Å². The number of alkyl halides is 1. The Hall–Kier alpha value is -3.44. The van der Waals surface area contributed by atoms with E-state index in [1.54, 1.807) is 24.3 Å². The molecule has 0 aromatic heterocycles. The van der Waals surface area contributed by atoms with Crippen molar-refractivity contribution in [1.82, 2.24) is 4.90 Å². The summed E-state index contributed by atoms with van der Waals surface area (Å²) >= 11 is 6.70. The van der Waals surface area contributed by atoms with E-state index in [4.69, 9.17) is 16.3 Å². The predicted octanol–water partition coefficient (Wildman–Crippen LogP) is 4.04. The summed E-state index contributed by atoms with van der Waals surface area (Å²) in [6.07, 6.45) is 0. The third-order valence-electron chi connectivity index (χ3n) is 5.05. The van der Waals surface area contributed by atoms with Crippen LogP contribution < -0.4 is 0 Å². The van der Waals surface area contributed by atoms with E-state index in [0.29, 0.717) is 5.56 Å². The molecule has 1 aliphatic heterocycles. The van der Waals surface area contributed by atoms with Crippen LogP contribution in [0.25, 0.3) is 0 Å². The standard InChI is InChI=1S/C24H18ClNO4/c25-19(16-10-4-1-5-11-16)21-23(28)30-24(29)22(27)26(21)20(17-12-6-2-7-13-17)18-14-8-3-9-15-18/h1-15,19-21H/t19-,21+/m0/s1. The zero-order chi connectivity index (χ0) is 21.1. The van der Waals surface area contributed by atoms with E-state index in [-0.39, 0.29) is 0 Å². The van der Waals surface area contributed by atoms with Crippen LogP contribution in [0, 0.1) is 0 Å². The lowest BCUT2D eigenvalue weighted by molar-refractivity contribution is -0.181. The van der Waals surface area contributed by atoms with E-state index in [1.807, 2.05) is 66.7 Å². The zero-order valence-corrected chi connectivity index (χ0v) is 16.6. The first-order valence-electron chi connectivity index (χ1n) is 9.45. The predicted molar refractivity (Wildman–Crippen MR) is 111 cm³/mol. The van der Waals surface area contributed by atoms with Crippen LogP contribution >= 0.6 is 11.6 Å². The van der Waals surface area contributed by atoms with Gasteiger partial charge in [-0.1, -0.05) is 91.0 Å². The van der Waals surface area contributed by atoms with Crippen LogP contribution in [0.1, 0.15) is 28.1 Å². The van der Waals surface area contributed by atoms with Crippen molar-refractivity contribution in [3.05, 3.63) is 108 Å². The van der Waals surface area contributed by atoms with Gasteiger partial charge in [0, 0.05) is 0 Å². The summed E-state index contributed by atoms with van der Waals surface area (Å²) < 4.78 is 4.75. The van der Waals surface area contributed by atoms with Gasteiger partial charge < -0.3 is 9.64 Å². The maximum atomic E-state index is 13.0. The average molecular weight is 420 g/mol. The van der Waals surface area contributed by atoms with E-state index in [1.165, 1.54) is 4.90 Å². The highest BCUT2D eigenvalue weighted by atomic mass is 35.5. The van der Waals surface area contributed by atoms with Gasteiger partial charge in [-0.3, -0.25) is 4.79 Å². The minimum atomic E-state index is -1.20. The first kappa shape index (κ1) is 19.9. The number of benzene rings is 3. The summed E-state index contributed by atoms with van der Waals surface area (Å²) in [5.74, 6) is -2.95. The van der Waals surface area contributed by atoms with Crippen molar-refractivity contribution in [1.29, 1.82) is 0 Å². The molecule has 0 spiro atoms. The van der Waals surface area contributed by atoms with Gasteiger partial charge in [-0.2, -0.15) is 0 Å². The van der Waals surface area contributed by atoms with Gasteiger partial charge in [0.15, 0.2) is 6.04 Å².